The summed E-state index contributed by atoms with van der Waals surface area (Å²) in [7, 11) is 1.73. The van der Waals surface area contributed by atoms with Crippen LogP contribution in [-0.2, 0) is 16.1 Å². The van der Waals surface area contributed by atoms with Crippen molar-refractivity contribution >= 4 is 11.9 Å². The number of aryl methyl sites for hydroxylation is 1. The third-order valence-corrected chi connectivity index (χ3v) is 5.44. The number of hydrogen-bond donors (Lipinski definition) is 3. The highest BCUT2D eigenvalue weighted by Crippen LogP contribution is 2.23. The number of carbonyl (C=O) groups is 1. The molecule has 29 heavy (non-hydrogen) atoms. The number of hydrogen-bond acceptors (Lipinski definition) is 4. The van der Waals surface area contributed by atoms with Gasteiger partial charge in [-0.25, -0.2) is 0 Å². The number of nitrogens with one attached hydrogen (secondary N) is 3. The second-order valence-corrected chi connectivity index (χ2v) is 7.87. The van der Waals surface area contributed by atoms with Crippen molar-refractivity contribution in [2.45, 2.75) is 64.1 Å². The normalized spacial score (nSPS) is 19.9. The van der Waals surface area contributed by atoms with Crippen LogP contribution >= 0.6 is 0 Å². The molecule has 1 amide bonds. The SMILES string of the molecule is CN=C(NCCC(=O)NC1CCCC1)NCc1ccc(C)cc1OC1CCOC1. The van der Waals surface area contributed by atoms with Crippen LogP contribution in [0.25, 0.3) is 0 Å². The third kappa shape index (κ3) is 6.92. The molecule has 1 heterocycles. The van der Waals surface area contributed by atoms with Gasteiger partial charge in [0.1, 0.15) is 11.9 Å². The Labute approximate surface area is 173 Å². The average molecular weight is 403 g/mol. The van der Waals surface area contributed by atoms with Gasteiger partial charge in [0.25, 0.3) is 0 Å². The first-order valence-corrected chi connectivity index (χ1v) is 10.7. The van der Waals surface area contributed by atoms with E-state index in [-0.39, 0.29) is 12.0 Å². The zero-order valence-electron chi connectivity index (χ0n) is 17.6. The van der Waals surface area contributed by atoms with Crippen molar-refractivity contribution in [1.82, 2.24) is 16.0 Å². The molecule has 0 bridgehead atoms. The van der Waals surface area contributed by atoms with E-state index >= 15 is 0 Å². The Hall–Kier alpha value is -2.28. The minimum atomic E-state index is 0.104. The van der Waals surface area contributed by atoms with Gasteiger partial charge in [-0.05, 0) is 31.4 Å². The Balaban J connectivity index is 1.44. The molecule has 0 spiro atoms. The first kappa shape index (κ1) is 21.4. The minimum absolute atomic E-state index is 0.104. The van der Waals surface area contributed by atoms with Crippen LogP contribution < -0.4 is 20.7 Å². The minimum Gasteiger partial charge on any atom is -0.488 e. The highest BCUT2D eigenvalue weighted by Gasteiger charge is 2.19. The van der Waals surface area contributed by atoms with Crippen molar-refractivity contribution in [2.75, 3.05) is 26.8 Å². The van der Waals surface area contributed by atoms with Gasteiger partial charge in [0, 0.05) is 44.6 Å². The van der Waals surface area contributed by atoms with E-state index in [1.54, 1.807) is 7.05 Å². The van der Waals surface area contributed by atoms with Crippen molar-refractivity contribution in [3.05, 3.63) is 29.3 Å². The van der Waals surface area contributed by atoms with Gasteiger partial charge in [-0.3, -0.25) is 9.79 Å². The molecule has 1 aromatic carbocycles. The Morgan fingerprint density at radius 1 is 1.24 bits per heavy atom. The molecule has 1 unspecified atom stereocenters. The van der Waals surface area contributed by atoms with E-state index in [4.69, 9.17) is 9.47 Å². The molecule has 7 nitrogen and oxygen atoms in total. The van der Waals surface area contributed by atoms with Crippen molar-refractivity contribution < 1.29 is 14.3 Å². The Morgan fingerprint density at radius 2 is 2.07 bits per heavy atom. The second-order valence-electron chi connectivity index (χ2n) is 7.87. The number of benzene rings is 1. The summed E-state index contributed by atoms with van der Waals surface area (Å²) in [5.41, 5.74) is 2.24. The number of guanidine groups is 1. The second kappa shape index (κ2) is 11.0. The van der Waals surface area contributed by atoms with Crippen LogP contribution in [0.5, 0.6) is 5.75 Å². The fourth-order valence-corrected chi connectivity index (χ4v) is 3.77. The molecule has 1 saturated heterocycles. The predicted octanol–water partition coefficient (Wildman–Crippen LogP) is 2.28. The zero-order chi connectivity index (χ0) is 20.5. The van der Waals surface area contributed by atoms with E-state index in [0.717, 1.165) is 37.2 Å². The van der Waals surface area contributed by atoms with Crippen LogP contribution in [0.2, 0.25) is 0 Å². The Morgan fingerprint density at radius 3 is 2.79 bits per heavy atom. The topological polar surface area (TPSA) is 84.0 Å². The molecule has 160 valence electrons. The summed E-state index contributed by atoms with van der Waals surface area (Å²) in [5.74, 6) is 1.67. The molecule has 1 atom stereocenters. The summed E-state index contributed by atoms with van der Waals surface area (Å²) >= 11 is 0. The maximum Gasteiger partial charge on any atom is 0.221 e. The van der Waals surface area contributed by atoms with E-state index in [2.05, 4.69) is 46.1 Å². The Kier molecular flexibility index (Phi) is 8.16. The van der Waals surface area contributed by atoms with Crippen molar-refractivity contribution in [1.29, 1.82) is 0 Å². The fraction of sp³-hybridized carbons (Fsp3) is 0.636. The largest absolute Gasteiger partial charge is 0.488 e. The van der Waals surface area contributed by atoms with Gasteiger partial charge in [-0.1, -0.05) is 25.0 Å². The highest BCUT2D eigenvalue weighted by atomic mass is 16.5. The summed E-state index contributed by atoms with van der Waals surface area (Å²) in [6.07, 6.45) is 6.14. The van der Waals surface area contributed by atoms with E-state index < -0.39 is 0 Å². The Bertz CT molecular complexity index is 695. The standard InChI is InChI=1S/C22H34N4O3/c1-16-7-8-17(20(13-16)29-19-10-12-28-15-19)14-25-22(23-2)24-11-9-21(27)26-18-5-3-4-6-18/h7-8,13,18-19H,3-6,9-12,14-15H2,1-2H3,(H,26,27)(H2,23,24,25). The van der Waals surface area contributed by atoms with Gasteiger partial charge < -0.3 is 25.4 Å². The number of aliphatic imine (C=N–C) groups is 1. The zero-order valence-corrected chi connectivity index (χ0v) is 17.6. The molecule has 1 aliphatic carbocycles. The number of nitrogens with zero attached hydrogens (tertiary/aromatic N) is 1. The molecule has 2 fully saturated rings. The molecular formula is C22H34N4O3. The van der Waals surface area contributed by atoms with E-state index in [0.29, 0.717) is 38.1 Å². The maximum atomic E-state index is 12.1. The van der Waals surface area contributed by atoms with Crippen molar-refractivity contribution in [3.8, 4) is 5.75 Å². The smallest absolute Gasteiger partial charge is 0.221 e. The van der Waals surface area contributed by atoms with Gasteiger partial charge in [-0.2, -0.15) is 0 Å². The lowest BCUT2D eigenvalue weighted by atomic mass is 10.1. The lowest BCUT2D eigenvalue weighted by Crippen LogP contribution is -2.40. The average Bonchev–Trinajstić information content (AvgIpc) is 3.40. The fourth-order valence-electron chi connectivity index (χ4n) is 3.77. The summed E-state index contributed by atoms with van der Waals surface area (Å²) < 4.78 is 11.6. The van der Waals surface area contributed by atoms with E-state index in [1.807, 2.05) is 0 Å². The first-order valence-electron chi connectivity index (χ1n) is 10.7. The molecule has 7 heteroatoms. The van der Waals surface area contributed by atoms with E-state index in [1.165, 1.54) is 18.4 Å². The summed E-state index contributed by atoms with van der Waals surface area (Å²) in [6, 6.07) is 6.60. The molecule has 1 saturated carbocycles. The van der Waals surface area contributed by atoms with Gasteiger partial charge >= 0.3 is 0 Å². The van der Waals surface area contributed by atoms with Crippen LogP contribution in [0.1, 0.15) is 49.7 Å². The van der Waals surface area contributed by atoms with Crippen LogP contribution in [0.3, 0.4) is 0 Å². The number of amides is 1. The molecule has 3 rings (SSSR count). The first-order chi connectivity index (χ1) is 14.1. The summed E-state index contributed by atoms with van der Waals surface area (Å²) in [6.45, 7) is 4.61. The maximum absolute atomic E-state index is 12.1. The van der Waals surface area contributed by atoms with Crippen LogP contribution in [0.15, 0.2) is 23.2 Å². The molecule has 0 aromatic heterocycles. The van der Waals surface area contributed by atoms with E-state index in [9.17, 15) is 4.79 Å². The molecule has 1 aliphatic heterocycles. The number of carbonyl (C=O) groups excluding carboxylic acids is 1. The quantitative estimate of drug-likeness (QED) is 0.459. The highest BCUT2D eigenvalue weighted by molar-refractivity contribution is 5.81. The molecular weight excluding hydrogens is 368 g/mol. The van der Waals surface area contributed by atoms with Gasteiger partial charge in [0.15, 0.2) is 5.96 Å². The monoisotopic (exact) mass is 402 g/mol. The molecule has 3 N–H and O–H groups in total. The van der Waals surface area contributed by atoms with Crippen molar-refractivity contribution in [3.63, 3.8) is 0 Å². The van der Waals surface area contributed by atoms with Gasteiger partial charge in [0.2, 0.25) is 5.91 Å². The number of ether oxygens (including phenoxy) is 2. The lowest BCUT2D eigenvalue weighted by Gasteiger charge is -2.18. The van der Waals surface area contributed by atoms with Crippen molar-refractivity contribution in [2.24, 2.45) is 4.99 Å². The van der Waals surface area contributed by atoms with Crippen LogP contribution in [-0.4, -0.2) is 50.8 Å². The molecule has 1 aromatic rings. The summed E-state index contributed by atoms with van der Waals surface area (Å²) in [5, 5.41) is 9.64. The summed E-state index contributed by atoms with van der Waals surface area (Å²) in [4.78, 5) is 16.3. The van der Waals surface area contributed by atoms with Crippen LogP contribution in [0, 0.1) is 6.92 Å². The number of rotatable bonds is 8. The van der Waals surface area contributed by atoms with Crippen LogP contribution in [0.4, 0.5) is 0 Å². The van der Waals surface area contributed by atoms with Gasteiger partial charge in [-0.15, -0.1) is 0 Å². The third-order valence-electron chi connectivity index (χ3n) is 5.44. The predicted molar refractivity (Wildman–Crippen MR) is 114 cm³/mol. The molecule has 2 aliphatic rings. The van der Waals surface area contributed by atoms with Gasteiger partial charge in [0.05, 0.1) is 13.2 Å². The lowest BCUT2D eigenvalue weighted by molar-refractivity contribution is -0.121. The molecule has 0 radical (unpaired) electrons.